The van der Waals surface area contributed by atoms with Crippen molar-refractivity contribution in [3.05, 3.63) is 0 Å². The number of esters is 1. The first kappa shape index (κ1) is 13.9. The molecule has 4 heteroatoms. The van der Waals surface area contributed by atoms with E-state index in [2.05, 4.69) is 0 Å². The summed E-state index contributed by atoms with van der Waals surface area (Å²) in [4.78, 5) is 24.4. The fourth-order valence-corrected chi connectivity index (χ4v) is 1.22. The summed E-state index contributed by atoms with van der Waals surface area (Å²) >= 11 is 0. The molecule has 0 heterocycles. The molecule has 0 atom stereocenters. The molecule has 0 saturated carbocycles. The highest BCUT2D eigenvalue weighted by molar-refractivity contribution is 5.82. The highest BCUT2D eigenvalue weighted by atomic mass is 16.5. The van der Waals surface area contributed by atoms with E-state index in [0.29, 0.717) is 25.5 Å². The van der Waals surface area contributed by atoms with E-state index in [-0.39, 0.29) is 18.4 Å². The van der Waals surface area contributed by atoms with Crippen molar-refractivity contribution < 1.29 is 14.3 Å². The van der Waals surface area contributed by atoms with Crippen LogP contribution in [-0.4, -0.2) is 36.5 Å². The van der Waals surface area contributed by atoms with Gasteiger partial charge >= 0.3 is 5.97 Å². The van der Waals surface area contributed by atoms with Crippen LogP contribution in [0, 0.1) is 5.92 Å². The van der Waals surface area contributed by atoms with Gasteiger partial charge in [0.1, 0.15) is 6.54 Å². The Morgan fingerprint density at radius 1 is 1.27 bits per heavy atom. The van der Waals surface area contributed by atoms with Crippen LogP contribution in [0.2, 0.25) is 0 Å². The molecule has 0 N–H and O–H groups in total. The number of rotatable bonds is 6. The molecule has 0 aliphatic rings. The van der Waals surface area contributed by atoms with Crippen molar-refractivity contribution in [2.75, 3.05) is 19.7 Å². The molecule has 0 aromatic heterocycles. The largest absolute Gasteiger partial charge is 0.465 e. The van der Waals surface area contributed by atoms with E-state index in [9.17, 15) is 9.59 Å². The predicted octanol–water partition coefficient (Wildman–Crippen LogP) is 1.44. The molecule has 15 heavy (non-hydrogen) atoms. The molecule has 0 aromatic carbocycles. The molecule has 0 saturated heterocycles. The summed E-state index contributed by atoms with van der Waals surface area (Å²) in [5.41, 5.74) is 0. The van der Waals surface area contributed by atoms with Crippen molar-refractivity contribution in [3.63, 3.8) is 0 Å². The lowest BCUT2D eigenvalue weighted by molar-refractivity contribution is -0.149. The maximum Gasteiger partial charge on any atom is 0.325 e. The minimum atomic E-state index is -0.337. The summed E-state index contributed by atoms with van der Waals surface area (Å²) in [5, 5.41) is 0. The Morgan fingerprint density at radius 2 is 1.87 bits per heavy atom. The number of carbonyl (C=O) groups is 2. The third kappa shape index (κ3) is 6.10. The Bertz CT molecular complexity index is 214. The summed E-state index contributed by atoms with van der Waals surface area (Å²) in [6.45, 7) is 8.54. The Kier molecular flexibility index (Phi) is 6.75. The van der Waals surface area contributed by atoms with Gasteiger partial charge in [0.25, 0.3) is 0 Å². The van der Waals surface area contributed by atoms with E-state index in [0.717, 1.165) is 0 Å². The molecule has 0 aromatic rings. The minimum absolute atomic E-state index is 0.0144. The fraction of sp³-hybridized carbons (Fsp3) is 0.818. The third-order valence-corrected chi connectivity index (χ3v) is 1.94. The lowest BCUT2D eigenvalue weighted by atomic mass is 10.1. The summed E-state index contributed by atoms with van der Waals surface area (Å²) in [5.74, 6) is -0.00856. The average molecular weight is 215 g/mol. The van der Waals surface area contributed by atoms with Gasteiger partial charge in [-0.25, -0.2) is 0 Å². The number of nitrogens with zero attached hydrogens (tertiary/aromatic N) is 1. The van der Waals surface area contributed by atoms with Gasteiger partial charge in [-0.1, -0.05) is 13.8 Å². The second-order valence-corrected chi connectivity index (χ2v) is 3.81. The SMILES string of the molecule is CCOC(=O)CN(CC)C(=O)CC(C)C. The molecule has 0 radical (unpaired) electrons. The number of hydrogen-bond acceptors (Lipinski definition) is 3. The molecule has 0 bridgehead atoms. The van der Waals surface area contributed by atoms with Gasteiger partial charge in [0.2, 0.25) is 5.91 Å². The topological polar surface area (TPSA) is 46.6 Å². The predicted molar refractivity (Wildman–Crippen MR) is 58.3 cm³/mol. The summed E-state index contributed by atoms with van der Waals surface area (Å²) in [6, 6.07) is 0. The molecule has 4 nitrogen and oxygen atoms in total. The number of amides is 1. The lowest BCUT2D eigenvalue weighted by Crippen LogP contribution is -2.36. The van der Waals surface area contributed by atoms with Crippen LogP contribution in [0.5, 0.6) is 0 Å². The molecule has 0 aliphatic heterocycles. The lowest BCUT2D eigenvalue weighted by Gasteiger charge is -2.20. The maximum atomic E-state index is 11.6. The average Bonchev–Trinajstić information content (AvgIpc) is 2.13. The highest BCUT2D eigenvalue weighted by Gasteiger charge is 2.16. The third-order valence-electron chi connectivity index (χ3n) is 1.94. The second-order valence-electron chi connectivity index (χ2n) is 3.81. The van der Waals surface area contributed by atoms with E-state index in [1.807, 2.05) is 20.8 Å². The van der Waals surface area contributed by atoms with Crippen LogP contribution in [0.1, 0.15) is 34.1 Å². The Balaban J connectivity index is 4.12. The molecular weight excluding hydrogens is 194 g/mol. The standard InChI is InChI=1S/C11H21NO3/c1-5-12(8-11(14)15-6-2)10(13)7-9(3)4/h9H,5-8H2,1-4H3. The first-order valence-electron chi connectivity index (χ1n) is 5.44. The number of ether oxygens (including phenoxy) is 1. The van der Waals surface area contributed by atoms with Crippen molar-refractivity contribution in [2.24, 2.45) is 5.92 Å². The van der Waals surface area contributed by atoms with Crippen molar-refractivity contribution in [3.8, 4) is 0 Å². The van der Waals surface area contributed by atoms with Gasteiger partial charge < -0.3 is 9.64 Å². The monoisotopic (exact) mass is 215 g/mol. The van der Waals surface area contributed by atoms with Crippen LogP contribution in [-0.2, 0) is 14.3 Å². The van der Waals surface area contributed by atoms with Crippen LogP contribution in [0.15, 0.2) is 0 Å². The molecule has 0 fully saturated rings. The van der Waals surface area contributed by atoms with E-state index in [1.165, 1.54) is 4.90 Å². The molecular formula is C11H21NO3. The van der Waals surface area contributed by atoms with Crippen molar-refractivity contribution in [1.29, 1.82) is 0 Å². The zero-order chi connectivity index (χ0) is 11.8. The van der Waals surface area contributed by atoms with Crippen molar-refractivity contribution >= 4 is 11.9 Å². The van der Waals surface area contributed by atoms with E-state index in [1.54, 1.807) is 6.92 Å². The first-order valence-corrected chi connectivity index (χ1v) is 5.44. The normalized spacial score (nSPS) is 10.2. The van der Waals surface area contributed by atoms with E-state index >= 15 is 0 Å². The molecule has 0 spiro atoms. The summed E-state index contributed by atoms with van der Waals surface area (Å²) in [6.07, 6.45) is 0.479. The van der Waals surface area contributed by atoms with Crippen molar-refractivity contribution in [1.82, 2.24) is 4.90 Å². The Labute approximate surface area is 91.6 Å². The molecule has 0 aliphatic carbocycles. The molecule has 0 unspecified atom stereocenters. The number of hydrogen-bond donors (Lipinski definition) is 0. The zero-order valence-corrected chi connectivity index (χ0v) is 10.1. The molecule has 1 amide bonds. The quantitative estimate of drug-likeness (QED) is 0.630. The van der Waals surface area contributed by atoms with Gasteiger partial charge in [0.15, 0.2) is 0 Å². The van der Waals surface area contributed by atoms with Crippen molar-refractivity contribution in [2.45, 2.75) is 34.1 Å². The van der Waals surface area contributed by atoms with Gasteiger partial charge in [0, 0.05) is 13.0 Å². The maximum absolute atomic E-state index is 11.6. The number of carbonyl (C=O) groups excluding carboxylic acids is 2. The van der Waals surface area contributed by atoms with Gasteiger partial charge in [0.05, 0.1) is 6.61 Å². The van der Waals surface area contributed by atoms with Crippen LogP contribution >= 0.6 is 0 Å². The van der Waals surface area contributed by atoms with E-state index in [4.69, 9.17) is 4.74 Å². The van der Waals surface area contributed by atoms with Gasteiger partial charge in [-0.2, -0.15) is 0 Å². The van der Waals surface area contributed by atoms with Gasteiger partial charge in [-0.05, 0) is 19.8 Å². The second kappa shape index (κ2) is 7.26. The summed E-state index contributed by atoms with van der Waals surface area (Å²) in [7, 11) is 0. The summed E-state index contributed by atoms with van der Waals surface area (Å²) < 4.78 is 4.80. The molecule has 88 valence electrons. The van der Waals surface area contributed by atoms with Crippen LogP contribution in [0.3, 0.4) is 0 Å². The zero-order valence-electron chi connectivity index (χ0n) is 10.1. The van der Waals surface area contributed by atoms with Crippen LogP contribution in [0.25, 0.3) is 0 Å². The Morgan fingerprint density at radius 3 is 2.27 bits per heavy atom. The number of likely N-dealkylation sites (N-methyl/N-ethyl adjacent to an activating group) is 1. The molecule has 0 rings (SSSR count). The Hall–Kier alpha value is -1.06. The first-order chi connectivity index (χ1) is 7.01. The van der Waals surface area contributed by atoms with Crippen LogP contribution in [0.4, 0.5) is 0 Å². The fourth-order valence-electron chi connectivity index (χ4n) is 1.22. The minimum Gasteiger partial charge on any atom is -0.465 e. The van der Waals surface area contributed by atoms with E-state index < -0.39 is 0 Å². The van der Waals surface area contributed by atoms with Gasteiger partial charge in [-0.3, -0.25) is 9.59 Å². The van der Waals surface area contributed by atoms with Crippen LogP contribution < -0.4 is 0 Å². The van der Waals surface area contributed by atoms with Gasteiger partial charge in [-0.15, -0.1) is 0 Å². The highest BCUT2D eigenvalue weighted by Crippen LogP contribution is 2.04. The smallest absolute Gasteiger partial charge is 0.325 e.